The van der Waals surface area contributed by atoms with Crippen LogP contribution < -0.4 is 11.1 Å². The molecule has 3 N–H and O–H groups in total. The van der Waals surface area contributed by atoms with Crippen molar-refractivity contribution >= 4 is 38.8 Å². The fourth-order valence-corrected chi connectivity index (χ4v) is 4.73. The Balaban J connectivity index is 2.07. The molecular weight excluding hydrogens is 410 g/mol. The Kier molecular flexibility index (Phi) is 4.87. The molecule has 0 saturated carbocycles. The molecule has 0 fully saturated rings. The van der Waals surface area contributed by atoms with E-state index in [1.807, 2.05) is 0 Å². The Morgan fingerprint density at radius 1 is 1.18 bits per heavy atom. The smallest absolute Gasteiger partial charge is 0.165 e. The lowest BCUT2D eigenvalue weighted by Crippen LogP contribution is -2.55. The van der Waals surface area contributed by atoms with Crippen molar-refractivity contribution in [1.29, 1.82) is 0 Å². The zero-order valence-corrected chi connectivity index (χ0v) is 17.0. The van der Waals surface area contributed by atoms with Gasteiger partial charge in [0.25, 0.3) is 0 Å². The van der Waals surface area contributed by atoms with E-state index in [2.05, 4.69) is 15.3 Å². The van der Waals surface area contributed by atoms with E-state index < -0.39 is 37.5 Å². The molecule has 0 bridgehead atoms. The van der Waals surface area contributed by atoms with Crippen LogP contribution >= 0.6 is 11.6 Å². The summed E-state index contributed by atoms with van der Waals surface area (Å²) >= 11 is 5.76. The van der Waals surface area contributed by atoms with Gasteiger partial charge in [0, 0.05) is 0 Å². The molecule has 28 heavy (non-hydrogen) atoms. The Bertz CT molecular complexity index is 1090. The van der Waals surface area contributed by atoms with Crippen LogP contribution in [0.15, 0.2) is 35.3 Å². The topological polar surface area (TPSA) is 97.4 Å². The number of benzene rings is 1. The van der Waals surface area contributed by atoms with Crippen molar-refractivity contribution in [2.45, 2.75) is 31.1 Å². The van der Waals surface area contributed by atoms with E-state index >= 15 is 0 Å². The van der Waals surface area contributed by atoms with Crippen molar-refractivity contribution in [3.63, 3.8) is 0 Å². The standard InChI is InChI=1S/C18H19ClF2N4O2S/c1-17(2)16(22)25-18(3,9-28(17,26)27)15-11(20)7-8-13(24-15)23-12-6-4-5-10(19)14(12)21/h4-8H,9H2,1-3H3,(H2,22,25)(H,23,24). The number of halogens is 3. The van der Waals surface area contributed by atoms with Crippen LogP contribution in [0.2, 0.25) is 5.02 Å². The molecule has 3 rings (SSSR count). The summed E-state index contributed by atoms with van der Waals surface area (Å²) in [6.45, 7) is 4.34. The summed E-state index contributed by atoms with van der Waals surface area (Å²) in [4.78, 5) is 8.42. The van der Waals surface area contributed by atoms with Gasteiger partial charge in [-0.3, -0.25) is 4.99 Å². The molecular formula is C18H19ClF2N4O2S. The number of hydrogen-bond acceptors (Lipinski definition) is 6. The molecule has 1 unspecified atom stereocenters. The van der Waals surface area contributed by atoms with Crippen LogP contribution in [0.25, 0.3) is 0 Å². The van der Waals surface area contributed by atoms with Gasteiger partial charge in [-0.15, -0.1) is 0 Å². The van der Waals surface area contributed by atoms with Crippen LogP contribution in [0.1, 0.15) is 26.5 Å². The third-order valence-electron chi connectivity index (χ3n) is 4.80. The van der Waals surface area contributed by atoms with E-state index in [4.69, 9.17) is 17.3 Å². The summed E-state index contributed by atoms with van der Waals surface area (Å²) in [7, 11) is -3.73. The second-order valence-corrected chi connectivity index (χ2v) is 10.2. The molecule has 0 spiro atoms. The number of nitrogens with zero attached hydrogens (tertiary/aromatic N) is 2. The Morgan fingerprint density at radius 3 is 2.50 bits per heavy atom. The number of rotatable bonds is 3. The van der Waals surface area contributed by atoms with Crippen LogP contribution in [0.5, 0.6) is 0 Å². The maximum atomic E-state index is 14.6. The van der Waals surface area contributed by atoms with Gasteiger partial charge in [0.05, 0.1) is 16.5 Å². The van der Waals surface area contributed by atoms with Crippen LogP contribution in [-0.2, 0) is 15.4 Å². The second kappa shape index (κ2) is 6.66. The molecule has 6 nitrogen and oxygen atoms in total. The minimum Gasteiger partial charge on any atom is -0.386 e. The van der Waals surface area contributed by atoms with Crippen molar-refractivity contribution in [1.82, 2.24) is 4.98 Å². The van der Waals surface area contributed by atoms with E-state index in [1.165, 1.54) is 39.0 Å². The molecule has 1 atom stereocenters. The van der Waals surface area contributed by atoms with Gasteiger partial charge < -0.3 is 11.1 Å². The fraction of sp³-hybridized carbons (Fsp3) is 0.333. The Labute approximate surface area is 166 Å². The summed E-state index contributed by atoms with van der Waals surface area (Å²) in [5.74, 6) is -1.91. The first kappa shape index (κ1) is 20.5. The molecule has 1 aromatic heterocycles. The highest BCUT2D eigenvalue weighted by Crippen LogP contribution is 2.37. The second-order valence-electron chi connectivity index (χ2n) is 7.29. The minimum atomic E-state index is -3.73. The summed E-state index contributed by atoms with van der Waals surface area (Å²) < 4.78 is 52.7. The number of pyridine rings is 1. The van der Waals surface area contributed by atoms with Gasteiger partial charge in [-0.2, -0.15) is 0 Å². The number of aliphatic imine (C=N–C) groups is 1. The van der Waals surface area contributed by atoms with Crippen LogP contribution in [0, 0.1) is 11.6 Å². The number of amidine groups is 1. The first-order valence-corrected chi connectivity index (χ1v) is 10.4. The SMILES string of the molecule is CC1(c2nc(Nc3cccc(Cl)c3F)ccc2F)CS(=O)(=O)C(C)(C)C(N)=N1. The number of anilines is 2. The fourth-order valence-electron chi connectivity index (χ4n) is 2.89. The van der Waals surface area contributed by atoms with E-state index in [1.54, 1.807) is 6.07 Å². The highest BCUT2D eigenvalue weighted by molar-refractivity contribution is 7.93. The predicted octanol–water partition coefficient (Wildman–Crippen LogP) is 3.54. The molecule has 150 valence electrons. The zero-order chi connectivity index (χ0) is 20.9. The third-order valence-corrected chi connectivity index (χ3v) is 7.80. The molecule has 0 saturated heterocycles. The minimum absolute atomic E-state index is 0.0446. The highest BCUT2D eigenvalue weighted by Gasteiger charge is 2.50. The van der Waals surface area contributed by atoms with Crippen LogP contribution in [0.4, 0.5) is 20.3 Å². The summed E-state index contributed by atoms with van der Waals surface area (Å²) in [6, 6.07) is 6.78. The number of nitrogens with two attached hydrogens (primary N) is 1. The van der Waals surface area contributed by atoms with Gasteiger partial charge in [0.1, 0.15) is 33.5 Å². The molecule has 10 heteroatoms. The average molecular weight is 429 g/mol. The van der Waals surface area contributed by atoms with Crippen molar-refractivity contribution < 1.29 is 17.2 Å². The predicted molar refractivity (Wildman–Crippen MR) is 106 cm³/mol. The van der Waals surface area contributed by atoms with Gasteiger partial charge in [0.2, 0.25) is 0 Å². The summed E-state index contributed by atoms with van der Waals surface area (Å²) in [5.41, 5.74) is 4.21. The summed E-state index contributed by atoms with van der Waals surface area (Å²) in [5, 5.41) is 2.63. The van der Waals surface area contributed by atoms with Crippen LogP contribution in [-0.4, -0.2) is 29.7 Å². The van der Waals surface area contributed by atoms with E-state index in [0.29, 0.717) is 0 Å². The third kappa shape index (κ3) is 3.33. The van der Waals surface area contributed by atoms with E-state index in [9.17, 15) is 17.2 Å². The Morgan fingerprint density at radius 2 is 1.86 bits per heavy atom. The summed E-state index contributed by atoms with van der Waals surface area (Å²) in [6.07, 6.45) is 0. The van der Waals surface area contributed by atoms with Gasteiger partial charge in [-0.25, -0.2) is 22.2 Å². The maximum Gasteiger partial charge on any atom is 0.165 e. The monoisotopic (exact) mass is 428 g/mol. The lowest BCUT2D eigenvalue weighted by molar-refractivity contribution is 0.462. The zero-order valence-electron chi connectivity index (χ0n) is 15.4. The molecule has 1 aliphatic heterocycles. The number of sulfone groups is 1. The van der Waals surface area contributed by atoms with Crippen LogP contribution in [0.3, 0.4) is 0 Å². The molecule has 0 radical (unpaired) electrons. The van der Waals surface area contributed by atoms with Gasteiger partial charge in [-0.1, -0.05) is 17.7 Å². The average Bonchev–Trinajstić information content (AvgIpc) is 2.58. The van der Waals surface area contributed by atoms with Crippen molar-refractivity contribution in [3.8, 4) is 0 Å². The molecule has 2 heterocycles. The van der Waals surface area contributed by atoms with Crippen molar-refractivity contribution in [2.75, 3.05) is 11.1 Å². The number of aromatic nitrogens is 1. The normalized spacial score (nSPS) is 23.1. The van der Waals surface area contributed by atoms with E-state index in [0.717, 1.165) is 6.07 Å². The number of hydrogen-bond donors (Lipinski definition) is 2. The van der Waals surface area contributed by atoms with Gasteiger partial charge in [0.15, 0.2) is 15.7 Å². The molecule has 2 aromatic rings. The molecule has 1 aromatic carbocycles. The lowest BCUT2D eigenvalue weighted by atomic mass is 9.98. The van der Waals surface area contributed by atoms with Crippen molar-refractivity contribution in [3.05, 3.63) is 52.7 Å². The van der Waals surface area contributed by atoms with Gasteiger partial charge >= 0.3 is 0 Å². The highest BCUT2D eigenvalue weighted by atomic mass is 35.5. The number of nitrogens with one attached hydrogen (secondary N) is 1. The molecule has 0 amide bonds. The van der Waals surface area contributed by atoms with Crippen molar-refractivity contribution in [2.24, 2.45) is 10.7 Å². The first-order chi connectivity index (χ1) is 12.9. The van der Waals surface area contributed by atoms with E-state index in [-0.39, 0.29) is 28.1 Å². The maximum absolute atomic E-state index is 14.6. The Hall–Kier alpha value is -2.26. The molecule has 0 aliphatic carbocycles. The van der Waals surface area contributed by atoms with Gasteiger partial charge in [-0.05, 0) is 45.0 Å². The quantitative estimate of drug-likeness (QED) is 0.779. The lowest BCUT2D eigenvalue weighted by Gasteiger charge is -2.37. The molecule has 1 aliphatic rings. The largest absolute Gasteiger partial charge is 0.386 e. The first-order valence-electron chi connectivity index (χ1n) is 8.33.